The van der Waals surface area contributed by atoms with E-state index in [2.05, 4.69) is 10.3 Å². The molecule has 1 aromatic rings. The Morgan fingerprint density at radius 2 is 2.08 bits per heavy atom. The number of hydrogen-bond acceptors (Lipinski definition) is 4. The monoisotopic (exact) mass is 374 g/mol. The smallest absolute Gasteiger partial charge is 0.425 e. The molecule has 1 amide bonds. The molecule has 0 unspecified atom stereocenters. The molecule has 1 aliphatic rings. The number of nitrogens with zero attached hydrogens (tertiary/aromatic N) is 1. The molecule has 0 bridgehead atoms. The number of aliphatic hydroxyl groups is 1. The van der Waals surface area contributed by atoms with Crippen LogP contribution in [-0.4, -0.2) is 41.4 Å². The Kier molecular flexibility index (Phi) is 6.86. The quantitative estimate of drug-likeness (QED) is 0.767. The fraction of sp³-hybridized carbons (Fsp3) is 0.667. The molecule has 0 spiro atoms. The topological polar surface area (TPSA) is 71.5 Å². The molecule has 2 rings (SSSR count). The number of alkyl halides is 3. The molecule has 1 atom stereocenters. The normalized spacial score (nSPS) is 18.2. The second kappa shape index (κ2) is 8.70. The van der Waals surface area contributed by atoms with Crippen LogP contribution in [0.1, 0.15) is 55.8 Å². The lowest BCUT2D eigenvalue weighted by molar-refractivity contribution is -0.190. The molecule has 8 heteroatoms. The summed E-state index contributed by atoms with van der Waals surface area (Å²) in [5, 5.41) is 12.1. The Balaban J connectivity index is 2.07. The predicted octanol–water partition coefficient (Wildman–Crippen LogP) is 3.47. The van der Waals surface area contributed by atoms with Crippen LogP contribution in [0.15, 0.2) is 18.3 Å². The first-order valence-electron chi connectivity index (χ1n) is 8.85. The minimum atomic E-state index is -4.54. The van der Waals surface area contributed by atoms with Crippen molar-refractivity contribution in [3.05, 3.63) is 23.9 Å². The number of amides is 1. The summed E-state index contributed by atoms with van der Waals surface area (Å²) in [6.07, 6.45) is 0.307. The Labute approximate surface area is 151 Å². The lowest BCUT2D eigenvalue weighted by Gasteiger charge is -2.37. The van der Waals surface area contributed by atoms with E-state index in [1.165, 1.54) is 18.3 Å². The zero-order valence-electron chi connectivity index (χ0n) is 14.8. The van der Waals surface area contributed by atoms with E-state index in [-0.39, 0.29) is 23.5 Å². The zero-order valence-corrected chi connectivity index (χ0v) is 14.8. The van der Waals surface area contributed by atoms with Crippen LogP contribution in [0.2, 0.25) is 0 Å². The van der Waals surface area contributed by atoms with Crippen molar-refractivity contribution in [1.29, 1.82) is 0 Å². The van der Waals surface area contributed by atoms with E-state index in [9.17, 15) is 23.1 Å². The van der Waals surface area contributed by atoms with E-state index in [4.69, 9.17) is 4.74 Å². The second-order valence-corrected chi connectivity index (χ2v) is 6.87. The van der Waals surface area contributed by atoms with Crippen molar-refractivity contribution in [3.8, 4) is 5.88 Å². The first-order valence-corrected chi connectivity index (χ1v) is 8.85. The van der Waals surface area contributed by atoms with Crippen molar-refractivity contribution >= 4 is 5.91 Å². The Morgan fingerprint density at radius 1 is 1.38 bits per heavy atom. The van der Waals surface area contributed by atoms with Crippen LogP contribution in [0, 0.1) is 5.41 Å². The average molecular weight is 374 g/mol. The van der Waals surface area contributed by atoms with Crippen molar-refractivity contribution < 1.29 is 27.8 Å². The van der Waals surface area contributed by atoms with E-state index in [0.29, 0.717) is 13.0 Å². The molecule has 0 radical (unpaired) electrons. The molecule has 26 heavy (non-hydrogen) atoms. The van der Waals surface area contributed by atoms with Gasteiger partial charge in [-0.2, -0.15) is 13.2 Å². The first kappa shape index (κ1) is 20.5. The third-order valence-electron chi connectivity index (χ3n) is 4.95. The maximum Gasteiger partial charge on any atom is 0.425 e. The third-order valence-corrected chi connectivity index (χ3v) is 4.95. The molecule has 1 saturated carbocycles. The molecule has 0 aromatic carbocycles. The number of rotatable bonds is 7. The predicted molar refractivity (Wildman–Crippen MR) is 89.9 cm³/mol. The highest BCUT2D eigenvalue weighted by molar-refractivity contribution is 5.96. The molecule has 0 aliphatic heterocycles. The van der Waals surface area contributed by atoms with Crippen molar-refractivity contribution in [3.63, 3.8) is 0 Å². The number of carbonyl (C=O) groups excluding carboxylic acids is 1. The molecule has 2 N–H and O–H groups in total. The number of carbonyl (C=O) groups is 1. The Bertz CT molecular complexity index is 596. The minimum Gasteiger partial charge on any atom is -0.464 e. The Morgan fingerprint density at radius 3 is 2.69 bits per heavy atom. The van der Waals surface area contributed by atoms with Gasteiger partial charge in [0.05, 0.1) is 0 Å². The zero-order chi connectivity index (χ0) is 19.2. The van der Waals surface area contributed by atoms with Gasteiger partial charge in [0.1, 0.15) is 5.56 Å². The highest BCUT2D eigenvalue weighted by Gasteiger charge is 2.39. The minimum absolute atomic E-state index is 0.0291. The van der Waals surface area contributed by atoms with Gasteiger partial charge in [0.25, 0.3) is 5.91 Å². The summed E-state index contributed by atoms with van der Waals surface area (Å²) in [5.41, 5.74) is -0.191. The van der Waals surface area contributed by atoms with E-state index in [1.54, 1.807) is 0 Å². The summed E-state index contributed by atoms with van der Waals surface area (Å²) in [6.45, 7) is 1.28. The van der Waals surface area contributed by atoms with Crippen molar-refractivity contribution in [1.82, 2.24) is 10.3 Å². The van der Waals surface area contributed by atoms with Gasteiger partial charge in [-0.1, -0.05) is 19.3 Å². The standard InChI is InChI=1S/C18H25F3N2O3/c1-13(18(19,20)21)26-16-14(6-5-10-22-16)15(25)23-12-17(9-11-24)7-3-2-4-8-17/h5-6,10,13,24H,2-4,7-9,11-12H2,1H3,(H,23,25)/t13-/m1/s1. The van der Waals surface area contributed by atoms with Gasteiger partial charge in [0.15, 0.2) is 6.10 Å². The van der Waals surface area contributed by atoms with Crippen LogP contribution >= 0.6 is 0 Å². The summed E-state index contributed by atoms with van der Waals surface area (Å²) < 4.78 is 43.0. The second-order valence-electron chi connectivity index (χ2n) is 6.87. The number of ether oxygens (including phenoxy) is 1. The molecule has 0 saturated heterocycles. The van der Waals surface area contributed by atoms with Gasteiger partial charge in [-0.05, 0) is 43.7 Å². The van der Waals surface area contributed by atoms with Crippen LogP contribution in [0.25, 0.3) is 0 Å². The summed E-state index contributed by atoms with van der Waals surface area (Å²) in [5.74, 6) is -0.861. The van der Waals surface area contributed by atoms with Crippen molar-refractivity contribution in [2.75, 3.05) is 13.2 Å². The van der Waals surface area contributed by atoms with Crippen LogP contribution in [-0.2, 0) is 0 Å². The SMILES string of the molecule is C[C@@H](Oc1ncccc1C(=O)NCC1(CCO)CCCCC1)C(F)(F)F. The summed E-state index contributed by atoms with van der Waals surface area (Å²) in [4.78, 5) is 16.3. The van der Waals surface area contributed by atoms with Gasteiger partial charge in [0, 0.05) is 19.3 Å². The van der Waals surface area contributed by atoms with Crippen LogP contribution < -0.4 is 10.1 Å². The van der Waals surface area contributed by atoms with E-state index < -0.39 is 18.2 Å². The molecule has 146 valence electrons. The van der Waals surface area contributed by atoms with Gasteiger partial charge < -0.3 is 15.2 Å². The number of nitrogens with one attached hydrogen (secondary N) is 1. The maximum atomic E-state index is 12.7. The van der Waals surface area contributed by atoms with Gasteiger partial charge >= 0.3 is 6.18 Å². The molecule has 1 aromatic heterocycles. The summed E-state index contributed by atoms with van der Waals surface area (Å²) >= 11 is 0. The Hall–Kier alpha value is -1.83. The number of aromatic nitrogens is 1. The molecular weight excluding hydrogens is 349 g/mol. The lowest BCUT2D eigenvalue weighted by Crippen LogP contribution is -2.40. The highest BCUT2D eigenvalue weighted by Crippen LogP contribution is 2.38. The van der Waals surface area contributed by atoms with Crippen LogP contribution in [0.5, 0.6) is 5.88 Å². The summed E-state index contributed by atoms with van der Waals surface area (Å²) in [7, 11) is 0. The number of halogens is 3. The van der Waals surface area contributed by atoms with Crippen molar-refractivity contribution in [2.45, 2.75) is 57.7 Å². The molecule has 1 heterocycles. The fourth-order valence-electron chi connectivity index (χ4n) is 3.31. The average Bonchev–Trinajstić information content (AvgIpc) is 2.60. The van der Waals surface area contributed by atoms with Gasteiger partial charge in [-0.15, -0.1) is 0 Å². The number of pyridine rings is 1. The van der Waals surface area contributed by atoms with Crippen LogP contribution in [0.3, 0.4) is 0 Å². The molecular formula is C18H25F3N2O3. The van der Waals surface area contributed by atoms with E-state index in [0.717, 1.165) is 39.0 Å². The first-order chi connectivity index (χ1) is 12.3. The molecule has 1 aliphatic carbocycles. The van der Waals surface area contributed by atoms with E-state index in [1.807, 2.05) is 0 Å². The number of hydrogen-bond donors (Lipinski definition) is 2. The maximum absolute atomic E-state index is 12.7. The summed E-state index contributed by atoms with van der Waals surface area (Å²) in [6, 6.07) is 2.87. The molecule has 1 fully saturated rings. The lowest BCUT2D eigenvalue weighted by atomic mass is 9.72. The van der Waals surface area contributed by atoms with Crippen LogP contribution in [0.4, 0.5) is 13.2 Å². The van der Waals surface area contributed by atoms with E-state index >= 15 is 0 Å². The molecule has 5 nitrogen and oxygen atoms in total. The van der Waals surface area contributed by atoms with Crippen molar-refractivity contribution in [2.24, 2.45) is 5.41 Å². The fourth-order valence-corrected chi connectivity index (χ4v) is 3.31. The van der Waals surface area contributed by atoms with Gasteiger partial charge in [0.2, 0.25) is 5.88 Å². The third kappa shape index (κ3) is 5.33. The largest absolute Gasteiger partial charge is 0.464 e. The van der Waals surface area contributed by atoms with Gasteiger partial charge in [-0.3, -0.25) is 4.79 Å². The number of aliphatic hydroxyl groups excluding tert-OH is 1. The highest BCUT2D eigenvalue weighted by atomic mass is 19.4. The van der Waals surface area contributed by atoms with Gasteiger partial charge in [-0.25, -0.2) is 4.98 Å².